The van der Waals surface area contributed by atoms with Crippen LogP contribution in [0.5, 0.6) is 0 Å². The molecule has 0 aliphatic heterocycles. The van der Waals surface area contributed by atoms with E-state index in [0.717, 1.165) is 16.0 Å². The molecule has 2 heterocycles. The minimum atomic E-state index is -0.382. The van der Waals surface area contributed by atoms with Crippen LogP contribution in [0.4, 0.5) is 4.39 Å². The molecule has 0 bridgehead atoms. The summed E-state index contributed by atoms with van der Waals surface area (Å²) in [5, 5.41) is 4.55. The van der Waals surface area contributed by atoms with Crippen molar-refractivity contribution in [1.82, 2.24) is 9.66 Å². The van der Waals surface area contributed by atoms with E-state index in [2.05, 4.69) is 10.1 Å². The van der Waals surface area contributed by atoms with Crippen LogP contribution in [0.2, 0.25) is 0 Å². The zero-order valence-corrected chi connectivity index (χ0v) is 12.1. The third-order valence-electron chi connectivity index (χ3n) is 3.06. The van der Waals surface area contributed by atoms with Gasteiger partial charge in [0.15, 0.2) is 0 Å². The van der Waals surface area contributed by atoms with Crippen LogP contribution in [-0.4, -0.2) is 15.9 Å². The molecule has 1 aromatic carbocycles. The van der Waals surface area contributed by atoms with E-state index in [4.69, 9.17) is 0 Å². The van der Waals surface area contributed by atoms with Gasteiger partial charge < -0.3 is 0 Å². The van der Waals surface area contributed by atoms with E-state index in [9.17, 15) is 9.18 Å². The highest BCUT2D eigenvalue weighted by atomic mass is 32.1. The molecular formula is C15H12FN3OS. The van der Waals surface area contributed by atoms with Crippen molar-refractivity contribution in [2.45, 2.75) is 13.3 Å². The Balaban J connectivity index is 2.03. The fourth-order valence-electron chi connectivity index (χ4n) is 1.92. The van der Waals surface area contributed by atoms with E-state index in [-0.39, 0.29) is 11.4 Å². The lowest BCUT2D eigenvalue weighted by molar-refractivity contribution is 0.625. The average molecular weight is 301 g/mol. The molecule has 0 aliphatic carbocycles. The fourth-order valence-corrected chi connectivity index (χ4v) is 2.85. The third kappa shape index (κ3) is 2.62. The third-order valence-corrected chi connectivity index (χ3v) is 4.25. The summed E-state index contributed by atoms with van der Waals surface area (Å²) in [7, 11) is 0. The number of fused-ring (bicyclic) bond motifs is 1. The van der Waals surface area contributed by atoms with Crippen molar-refractivity contribution in [3.8, 4) is 0 Å². The summed E-state index contributed by atoms with van der Waals surface area (Å²) in [6.45, 7) is 2.03. The summed E-state index contributed by atoms with van der Waals surface area (Å²) in [6, 6.07) is 8.09. The lowest BCUT2D eigenvalue weighted by Crippen LogP contribution is -2.16. The van der Waals surface area contributed by atoms with Gasteiger partial charge >= 0.3 is 0 Å². The van der Waals surface area contributed by atoms with Gasteiger partial charge in [0.1, 0.15) is 17.0 Å². The maximum atomic E-state index is 13.5. The highest BCUT2D eigenvalue weighted by Crippen LogP contribution is 2.20. The van der Waals surface area contributed by atoms with Gasteiger partial charge in [-0.05, 0) is 18.6 Å². The van der Waals surface area contributed by atoms with Gasteiger partial charge in [-0.2, -0.15) is 9.78 Å². The van der Waals surface area contributed by atoms with Crippen molar-refractivity contribution in [3.05, 3.63) is 63.3 Å². The summed E-state index contributed by atoms with van der Waals surface area (Å²) >= 11 is 1.50. The van der Waals surface area contributed by atoms with E-state index >= 15 is 0 Å². The van der Waals surface area contributed by atoms with Crippen molar-refractivity contribution in [3.63, 3.8) is 0 Å². The van der Waals surface area contributed by atoms with Gasteiger partial charge in [0.05, 0.1) is 11.6 Å². The van der Waals surface area contributed by atoms with Gasteiger partial charge in [0.2, 0.25) is 0 Å². The van der Waals surface area contributed by atoms with E-state index in [0.29, 0.717) is 15.8 Å². The fraction of sp³-hybridized carbons (Fsp3) is 0.133. The summed E-state index contributed by atoms with van der Waals surface area (Å²) in [5.74, 6) is -0.382. The molecule has 2 aromatic heterocycles. The first-order valence-corrected chi connectivity index (χ1v) is 7.29. The molecule has 0 spiro atoms. The number of benzene rings is 1. The standard InChI is InChI=1S/C15H12FN3OS/c1-2-11-7-12-14(21-11)17-9-19(15(12)20)18-8-10-5-3-4-6-13(10)16/h3-9H,2H2,1H3/b18-8-. The Bertz CT molecular complexity index is 882. The number of aryl methyl sites for hydroxylation is 1. The molecule has 3 aromatic rings. The number of nitrogens with zero attached hydrogens (tertiary/aromatic N) is 3. The summed E-state index contributed by atoms with van der Waals surface area (Å²) < 4.78 is 14.6. The molecule has 0 atom stereocenters. The normalized spacial score (nSPS) is 11.5. The molecule has 6 heteroatoms. The minimum Gasteiger partial charge on any atom is -0.267 e. The van der Waals surface area contributed by atoms with E-state index in [1.165, 1.54) is 29.9 Å². The number of aromatic nitrogens is 2. The van der Waals surface area contributed by atoms with Crippen molar-refractivity contribution < 1.29 is 4.39 Å². The Morgan fingerprint density at radius 3 is 3.00 bits per heavy atom. The maximum absolute atomic E-state index is 13.5. The average Bonchev–Trinajstić information content (AvgIpc) is 2.92. The monoisotopic (exact) mass is 301 g/mol. The molecule has 0 aliphatic rings. The summed E-state index contributed by atoms with van der Waals surface area (Å²) in [6.07, 6.45) is 3.54. The van der Waals surface area contributed by atoms with Crippen LogP contribution in [-0.2, 0) is 6.42 Å². The number of hydrogen-bond donors (Lipinski definition) is 0. The van der Waals surface area contributed by atoms with Gasteiger partial charge in [0.25, 0.3) is 5.56 Å². The lowest BCUT2D eigenvalue weighted by atomic mass is 10.2. The number of rotatable bonds is 3. The summed E-state index contributed by atoms with van der Waals surface area (Å²) in [4.78, 5) is 18.3. The van der Waals surface area contributed by atoms with Gasteiger partial charge in [-0.25, -0.2) is 9.37 Å². The van der Waals surface area contributed by atoms with Gasteiger partial charge in [-0.1, -0.05) is 25.1 Å². The van der Waals surface area contributed by atoms with Gasteiger partial charge in [-0.15, -0.1) is 11.3 Å². The zero-order chi connectivity index (χ0) is 14.8. The molecule has 0 N–H and O–H groups in total. The van der Waals surface area contributed by atoms with Gasteiger partial charge in [-0.3, -0.25) is 4.79 Å². The van der Waals surface area contributed by atoms with Crippen molar-refractivity contribution in [1.29, 1.82) is 0 Å². The second-order valence-electron chi connectivity index (χ2n) is 4.45. The molecule has 21 heavy (non-hydrogen) atoms. The Labute approximate surface area is 124 Å². The highest BCUT2D eigenvalue weighted by molar-refractivity contribution is 7.18. The topological polar surface area (TPSA) is 47.2 Å². The first-order chi connectivity index (χ1) is 10.2. The lowest BCUT2D eigenvalue weighted by Gasteiger charge is -1.98. The molecule has 0 fully saturated rings. The zero-order valence-electron chi connectivity index (χ0n) is 11.3. The predicted molar refractivity (Wildman–Crippen MR) is 82.7 cm³/mol. The number of thiophene rings is 1. The SMILES string of the molecule is CCc1cc2c(=O)n(/N=C\c3ccccc3F)cnc2s1. The molecule has 106 valence electrons. The Hall–Kier alpha value is -2.34. The number of halogens is 1. The second-order valence-corrected chi connectivity index (χ2v) is 5.56. The molecular weight excluding hydrogens is 289 g/mol. The second kappa shape index (κ2) is 5.57. The maximum Gasteiger partial charge on any atom is 0.282 e. The molecule has 0 saturated carbocycles. The highest BCUT2D eigenvalue weighted by Gasteiger charge is 2.07. The molecule has 0 unspecified atom stereocenters. The van der Waals surface area contributed by atoms with Crippen LogP contribution < -0.4 is 5.56 Å². The molecule has 0 amide bonds. The largest absolute Gasteiger partial charge is 0.282 e. The van der Waals surface area contributed by atoms with E-state index in [1.807, 2.05) is 13.0 Å². The van der Waals surface area contributed by atoms with Crippen LogP contribution >= 0.6 is 11.3 Å². The Morgan fingerprint density at radius 2 is 2.24 bits per heavy atom. The quantitative estimate of drug-likeness (QED) is 0.698. The van der Waals surface area contributed by atoms with Crippen LogP contribution in [0.15, 0.2) is 46.6 Å². The first kappa shape index (κ1) is 13.6. The van der Waals surface area contributed by atoms with Crippen molar-refractivity contribution in [2.75, 3.05) is 0 Å². The van der Waals surface area contributed by atoms with Crippen LogP contribution in [0.1, 0.15) is 17.4 Å². The Kier molecular flexibility index (Phi) is 3.62. The first-order valence-electron chi connectivity index (χ1n) is 6.48. The summed E-state index contributed by atoms with van der Waals surface area (Å²) in [5.41, 5.74) is 0.0765. The molecule has 4 nitrogen and oxygen atoms in total. The predicted octanol–water partition coefficient (Wildman–Crippen LogP) is 3.04. The van der Waals surface area contributed by atoms with Gasteiger partial charge in [0, 0.05) is 10.4 Å². The molecule has 3 rings (SSSR count). The minimum absolute atomic E-state index is 0.247. The number of hydrogen-bond acceptors (Lipinski definition) is 4. The van der Waals surface area contributed by atoms with Crippen molar-refractivity contribution >= 4 is 27.8 Å². The van der Waals surface area contributed by atoms with Crippen LogP contribution in [0, 0.1) is 5.82 Å². The van der Waals surface area contributed by atoms with Crippen molar-refractivity contribution in [2.24, 2.45) is 5.10 Å². The molecule has 0 saturated heterocycles. The molecule has 0 radical (unpaired) electrons. The van der Waals surface area contributed by atoms with Crippen LogP contribution in [0.3, 0.4) is 0 Å². The van der Waals surface area contributed by atoms with E-state index < -0.39 is 0 Å². The Morgan fingerprint density at radius 1 is 1.43 bits per heavy atom. The smallest absolute Gasteiger partial charge is 0.267 e. The van der Waals surface area contributed by atoms with Crippen LogP contribution in [0.25, 0.3) is 10.2 Å². The van der Waals surface area contributed by atoms with E-state index in [1.54, 1.807) is 18.2 Å².